The lowest BCUT2D eigenvalue weighted by Crippen LogP contribution is -2.52. The third kappa shape index (κ3) is 4.82. The molecule has 11 heteroatoms. The van der Waals surface area contributed by atoms with Crippen LogP contribution >= 0.6 is 12.4 Å². The van der Waals surface area contributed by atoms with Gasteiger partial charge in [-0.1, -0.05) is 37.6 Å². The van der Waals surface area contributed by atoms with Crippen LogP contribution in [-0.4, -0.2) is 67.9 Å². The Morgan fingerprint density at radius 3 is 2.30 bits per heavy atom. The van der Waals surface area contributed by atoms with Gasteiger partial charge in [-0.25, -0.2) is 0 Å². The second-order valence-corrected chi connectivity index (χ2v) is 10.8. The first kappa shape index (κ1) is 30.1. The fourth-order valence-corrected chi connectivity index (χ4v) is 5.94. The Labute approximate surface area is 237 Å². The number of phenolic OH excluding ortho intramolecular Hbond substituents is 2. The Bertz CT molecular complexity index is 1350. The van der Waals surface area contributed by atoms with Gasteiger partial charge in [-0.3, -0.25) is 14.4 Å². The fourth-order valence-electron chi connectivity index (χ4n) is 5.94. The van der Waals surface area contributed by atoms with Gasteiger partial charge in [0.25, 0.3) is 0 Å². The van der Waals surface area contributed by atoms with Crippen LogP contribution in [-0.2, 0) is 20.7 Å². The molecule has 1 saturated heterocycles. The van der Waals surface area contributed by atoms with Crippen LogP contribution in [0.2, 0.25) is 0 Å². The smallest absolute Gasteiger partial charge is 0.198 e. The van der Waals surface area contributed by atoms with Crippen LogP contribution in [0, 0.1) is 0 Å². The van der Waals surface area contributed by atoms with Gasteiger partial charge in [0.15, 0.2) is 23.6 Å². The molecule has 6 N–H and O–H groups in total. The van der Waals surface area contributed by atoms with Crippen molar-refractivity contribution in [2.75, 3.05) is 0 Å². The molecule has 10 nitrogen and oxygen atoms in total. The number of unbranched alkanes of at least 4 members (excludes halogenated alkanes) is 1. The molecule has 2 aromatic rings. The topological polar surface area (TPSA) is 177 Å². The maximum absolute atomic E-state index is 13.4. The minimum atomic E-state index is -1.97. The maximum atomic E-state index is 13.4. The normalized spacial score (nSPS) is 29.2. The number of aliphatic hydroxyl groups is 2. The summed E-state index contributed by atoms with van der Waals surface area (Å²) in [6.07, 6.45) is -2.98. The number of ether oxygens (including phenoxy) is 2. The highest BCUT2D eigenvalue weighted by Gasteiger charge is 2.49. The van der Waals surface area contributed by atoms with E-state index < -0.39 is 65.1 Å². The molecule has 2 aromatic carbocycles. The Balaban J connectivity index is 0.00000370. The van der Waals surface area contributed by atoms with Crippen LogP contribution in [0.1, 0.15) is 95.0 Å². The summed E-state index contributed by atoms with van der Waals surface area (Å²) in [7, 11) is 0. The van der Waals surface area contributed by atoms with E-state index in [0.717, 1.165) is 6.42 Å². The van der Waals surface area contributed by atoms with Gasteiger partial charge in [-0.15, -0.1) is 12.4 Å². The largest absolute Gasteiger partial charge is 0.507 e. The number of ketones is 3. The number of phenols is 2. The van der Waals surface area contributed by atoms with E-state index in [1.165, 1.54) is 12.1 Å². The average Bonchev–Trinajstić information content (AvgIpc) is 2.90. The van der Waals surface area contributed by atoms with Crippen LogP contribution in [0.3, 0.4) is 0 Å². The summed E-state index contributed by atoms with van der Waals surface area (Å²) in [4.78, 5) is 40.0. The number of nitrogens with two attached hydrogens (primary N) is 1. The molecule has 0 spiro atoms. The van der Waals surface area contributed by atoms with E-state index in [2.05, 4.69) is 0 Å². The molecule has 3 aliphatic rings. The molecular weight excluding hydrogens is 542 g/mol. The maximum Gasteiger partial charge on any atom is 0.198 e. The van der Waals surface area contributed by atoms with E-state index >= 15 is 0 Å². The van der Waals surface area contributed by atoms with Crippen molar-refractivity contribution >= 4 is 29.8 Å². The molecule has 0 unspecified atom stereocenters. The van der Waals surface area contributed by atoms with Gasteiger partial charge in [0.05, 0.1) is 29.4 Å². The van der Waals surface area contributed by atoms with Crippen molar-refractivity contribution in [3.63, 3.8) is 0 Å². The average molecular weight is 576 g/mol. The van der Waals surface area contributed by atoms with E-state index in [-0.39, 0.29) is 71.5 Å². The zero-order chi connectivity index (χ0) is 28.2. The summed E-state index contributed by atoms with van der Waals surface area (Å²) in [6, 6.07) is 5.44. The highest BCUT2D eigenvalue weighted by atomic mass is 35.5. The minimum absolute atomic E-state index is 0. The summed E-state index contributed by atoms with van der Waals surface area (Å²) in [5.74, 6) is -2.87. The number of hydrogen-bond donors (Lipinski definition) is 5. The van der Waals surface area contributed by atoms with Crippen LogP contribution in [0.5, 0.6) is 11.5 Å². The molecular formula is C29H34ClNO9. The summed E-state index contributed by atoms with van der Waals surface area (Å²) in [6.45, 7) is 3.54. The highest BCUT2D eigenvalue weighted by Crippen LogP contribution is 2.52. The third-order valence-corrected chi connectivity index (χ3v) is 8.12. The molecule has 0 amide bonds. The predicted molar refractivity (Wildman–Crippen MR) is 145 cm³/mol. The molecule has 40 heavy (non-hydrogen) atoms. The number of halogens is 1. The van der Waals surface area contributed by atoms with Crippen molar-refractivity contribution in [1.29, 1.82) is 0 Å². The molecule has 0 saturated carbocycles. The minimum Gasteiger partial charge on any atom is -0.507 e. The van der Waals surface area contributed by atoms with Gasteiger partial charge >= 0.3 is 0 Å². The Morgan fingerprint density at radius 1 is 1.12 bits per heavy atom. The van der Waals surface area contributed by atoms with Crippen LogP contribution in [0.25, 0.3) is 0 Å². The lowest BCUT2D eigenvalue weighted by Gasteiger charge is -2.42. The summed E-state index contributed by atoms with van der Waals surface area (Å²) < 4.78 is 11.9. The number of aliphatic hydroxyl groups excluding tert-OH is 1. The molecule has 1 heterocycles. The number of aromatic hydroxyl groups is 2. The van der Waals surface area contributed by atoms with Gasteiger partial charge in [-0.05, 0) is 13.3 Å². The standard InChI is InChI=1S/C29H33NO9.ClH/c1-3-4-9-19(31)29(37)11-16-21(18(12-29)39-20-10-17(30)24(32)13(2)38-20)28(36)23-22(27(16)35)25(33)14-7-5-6-8-15(14)26(23)34;/h5-8,13,17-18,20,24,32,35-37H,3-4,9-12,30H2,1-2H3;1H/t13-,17-,18-,20-,24+,29-;/m0./s1. The second kappa shape index (κ2) is 11.2. The van der Waals surface area contributed by atoms with Crippen LogP contribution in [0.15, 0.2) is 24.3 Å². The fraction of sp³-hybridized carbons (Fsp3) is 0.483. The number of benzene rings is 2. The number of hydrogen-bond acceptors (Lipinski definition) is 10. The zero-order valence-corrected chi connectivity index (χ0v) is 23.1. The first-order chi connectivity index (χ1) is 18.5. The van der Waals surface area contributed by atoms with E-state index in [4.69, 9.17) is 15.2 Å². The van der Waals surface area contributed by atoms with Gasteiger partial charge in [0.1, 0.15) is 17.1 Å². The first-order valence-electron chi connectivity index (χ1n) is 13.3. The number of carbonyl (C=O) groups is 3. The molecule has 2 aliphatic carbocycles. The van der Waals surface area contributed by atoms with Crippen molar-refractivity contribution in [3.05, 3.63) is 57.6 Å². The van der Waals surface area contributed by atoms with Gasteiger partial charge in [-0.2, -0.15) is 0 Å². The lowest BCUT2D eigenvalue weighted by molar-refractivity contribution is -0.247. The first-order valence-corrected chi connectivity index (χ1v) is 13.3. The van der Waals surface area contributed by atoms with Gasteiger partial charge < -0.3 is 35.6 Å². The lowest BCUT2D eigenvalue weighted by atomic mass is 9.71. The zero-order valence-electron chi connectivity index (χ0n) is 22.3. The Kier molecular flexibility index (Phi) is 8.43. The molecule has 0 radical (unpaired) electrons. The molecule has 5 rings (SSSR count). The summed E-state index contributed by atoms with van der Waals surface area (Å²) >= 11 is 0. The van der Waals surface area contributed by atoms with Crippen LogP contribution < -0.4 is 5.73 Å². The number of fused-ring (bicyclic) bond motifs is 3. The molecule has 1 aliphatic heterocycles. The predicted octanol–water partition coefficient (Wildman–Crippen LogP) is 2.61. The van der Waals surface area contributed by atoms with Gasteiger partial charge in [0, 0.05) is 54.0 Å². The van der Waals surface area contributed by atoms with Crippen molar-refractivity contribution in [3.8, 4) is 11.5 Å². The van der Waals surface area contributed by atoms with E-state index in [9.17, 15) is 34.8 Å². The second-order valence-electron chi connectivity index (χ2n) is 10.8. The van der Waals surface area contributed by atoms with Crippen molar-refractivity contribution < 1.29 is 44.3 Å². The Hall–Kier alpha value is -2.86. The molecule has 0 aromatic heterocycles. The Morgan fingerprint density at radius 2 is 1.73 bits per heavy atom. The highest BCUT2D eigenvalue weighted by molar-refractivity contribution is 6.30. The summed E-state index contributed by atoms with van der Waals surface area (Å²) in [5, 5.41) is 44.6. The van der Waals surface area contributed by atoms with E-state index in [1.54, 1.807) is 19.1 Å². The molecule has 0 bridgehead atoms. The molecule has 216 valence electrons. The number of carbonyl (C=O) groups excluding carboxylic acids is 3. The van der Waals surface area contributed by atoms with Crippen molar-refractivity contribution in [2.24, 2.45) is 5.73 Å². The SMILES string of the molecule is CCCCC(=O)[C@]1(O)Cc2c(O)c3c(c(O)c2[C@@H](O[C@H]2C[C@H](N)[C@H](O)[C@H](C)O2)C1)C(=O)c1ccccc1C3=O.Cl. The molecule has 6 atom stereocenters. The van der Waals surface area contributed by atoms with Crippen molar-refractivity contribution in [1.82, 2.24) is 0 Å². The summed E-state index contributed by atoms with van der Waals surface area (Å²) in [5.41, 5.74) is 3.51. The number of Topliss-reactive ketones (excluding diaryl/α,β-unsaturated/α-hetero) is 1. The quantitative estimate of drug-likeness (QED) is 0.274. The molecule has 1 fully saturated rings. The van der Waals surface area contributed by atoms with Gasteiger partial charge in [0.2, 0.25) is 0 Å². The van der Waals surface area contributed by atoms with E-state index in [1.807, 2.05) is 6.92 Å². The number of rotatable bonds is 6. The van der Waals surface area contributed by atoms with Crippen LogP contribution in [0.4, 0.5) is 0 Å². The monoisotopic (exact) mass is 575 g/mol. The third-order valence-electron chi connectivity index (χ3n) is 8.12. The van der Waals surface area contributed by atoms with E-state index in [0.29, 0.717) is 6.42 Å². The van der Waals surface area contributed by atoms with Crippen molar-refractivity contribution in [2.45, 2.75) is 88.6 Å².